The first-order valence-electron chi connectivity index (χ1n) is 8.15. The van der Waals surface area contributed by atoms with Crippen LogP contribution < -0.4 is 10.4 Å². The molecule has 0 amide bonds. The summed E-state index contributed by atoms with van der Waals surface area (Å²) in [6, 6.07) is 3.67. The highest BCUT2D eigenvalue weighted by Crippen LogP contribution is 2.38. The first-order valence-corrected chi connectivity index (χ1v) is 8.15. The highest BCUT2D eigenvalue weighted by Gasteiger charge is 2.28. The average molecular weight is 315 g/mol. The van der Waals surface area contributed by atoms with E-state index in [2.05, 4.69) is 11.0 Å². The summed E-state index contributed by atoms with van der Waals surface area (Å²) in [5.41, 5.74) is 3.45. The predicted octanol–water partition coefficient (Wildman–Crippen LogP) is 2.05. The Labute approximate surface area is 134 Å². The second-order valence-corrected chi connectivity index (χ2v) is 6.47. The molecule has 0 spiro atoms. The smallest absolute Gasteiger partial charge is 0.336 e. The molecule has 3 heterocycles. The lowest BCUT2D eigenvalue weighted by Crippen LogP contribution is -2.42. The molecule has 5 heteroatoms. The molecular weight excluding hydrogens is 294 g/mol. The van der Waals surface area contributed by atoms with Gasteiger partial charge in [0.05, 0.1) is 13.2 Å². The molecule has 1 fully saturated rings. The number of hydrogen-bond acceptors (Lipinski definition) is 5. The van der Waals surface area contributed by atoms with Gasteiger partial charge in [-0.2, -0.15) is 0 Å². The van der Waals surface area contributed by atoms with E-state index < -0.39 is 0 Å². The van der Waals surface area contributed by atoms with Crippen molar-refractivity contribution in [2.24, 2.45) is 0 Å². The number of benzene rings is 1. The van der Waals surface area contributed by atoms with Gasteiger partial charge in [0.25, 0.3) is 0 Å². The zero-order chi connectivity index (χ0) is 16.0. The quantitative estimate of drug-likeness (QED) is 0.794. The van der Waals surface area contributed by atoms with Crippen molar-refractivity contribution in [3.63, 3.8) is 0 Å². The molecule has 1 unspecified atom stereocenters. The molecule has 0 radical (unpaired) electrons. The van der Waals surface area contributed by atoms with Crippen LogP contribution >= 0.6 is 0 Å². The Balaban J connectivity index is 1.65. The van der Waals surface area contributed by atoms with Gasteiger partial charge in [-0.25, -0.2) is 4.79 Å². The zero-order valence-electron chi connectivity index (χ0n) is 13.6. The Kier molecular flexibility index (Phi) is 3.62. The highest BCUT2D eigenvalue weighted by molar-refractivity contribution is 5.86. The molecule has 1 aromatic heterocycles. The maximum Gasteiger partial charge on any atom is 0.336 e. The molecule has 23 heavy (non-hydrogen) atoms. The Morgan fingerprint density at radius 1 is 1.22 bits per heavy atom. The van der Waals surface area contributed by atoms with E-state index in [9.17, 15) is 4.79 Å². The summed E-state index contributed by atoms with van der Waals surface area (Å²) < 4.78 is 17.0. The molecule has 1 saturated heterocycles. The normalized spacial score (nSPS) is 21.4. The molecule has 2 aliphatic rings. The lowest BCUT2D eigenvalue weighted by molar-refractivity contribution is 0.0222. The van der Waals surface area contributed by atoms with Crippen LogP contribution in [0.3, 0.4) is 0 Å². The molecule has 4 rings (SSSR count). The van der Waals surface area contributed by atoms with Crippen LogP contribution in [0.2, 0.25) is 0 Å². The van der Waals surface area contributed by atoms with E-state index in [4.69, 9.17) is 13.9 Å². The Bertz CT molecular complexity index is 805. The van der Waals surface area contributed by atoms with Gasteiger partial charge in [0.15, 0.2) is 0 Å². The number of nitrogens with zero attached hydrogens (tertiary/aromatic N) is 1. The lowest BCUT2D eigenvalue weighted by atomic mass is 10.0. The highest BCUT2D eigenvalue weighted by atomic mass is 16.5. The molecule has 0 bridgehead atoms. The minimum atomic E-state index is -0.305. The number of rotatable bonds is 2. The zero-order valence-corrected chi connectivity index (χ0v) is 13.6. The minimum absolute atomic E-state index is 0.158. The summed E-state index contributed by atoms with van der Waals surface area (Å²) in [6.07, 6.45) is 1.06. The van der Waals surface area contributed by atoms with Gasteiger partial charge in [-0.1, -0.05) is 0 Å². The molecule has 1 atom stereocenters. The Morgan fingerprint density at radius 2 is 2.00 bits per heavy atom. The van der Waals surface area contributed by atoms with E-state index in [1.165, 1.54) is 5.56 Å². The largest absolute Gasteiger partial charge is 0.488 e. The summed E-state index contributed by atoms with van der Waals surface area (Å²) in [5.74, 6) is 0.893. The van der Waals surface area contributed by atoms with Crippen LogP contribution in [0.15, 0.2) is 21.3 Å². The summed E-state index contributed by atoms with van der Waals surface area (Å²) in [4.78, 5) is 14.0. The first-order chi connectivity index (χ1) is 11.1. The van der Waals surface area contributed by atoms with Crippen LogP contribution in [-0.2, 0) is 11.2 Å². The minimum Gasteiger partial charge on any atom is -0.488 e. The fourth-order valence-corrected chi connectivity index (χ4v) is 3.60. The van der Waals surface area contributed by atoms with Crippen LogP contribution in [0.4, 0.5) is 0 Å². The molecule has 2 aromatic rings. The van der Waals surface area contributed by atoms with E-state index in [1.54, 1.807) is 6.07 Å². The van der Waals surface area contributed by atoms with Crippen molar-refractivity contribution in [2.45, 2.75) is 26.4 Å². The number of morpholine rings is 1. The molecule has 0 saturated carbocycles. The summed E-state index contributed by atoms with van der Waals surface area (Å²) in [5, 5.41) is 1.01. The average Bonchev–Trinajstić information content (AvgIpc) is 2.93. The first kappa shape index (κ1) is 14.7. The molecule has 2 aliphatic heterocycles. The van der Waals surface area contributed by atoms with Crippen LogP contribution in [-0.4, -0.2) is 43.9 Å². The van der Waals surface area contributed by atoms with Crippen LogP contribution in [0.25, 0.3) is 11.0 Å². The van der Waals surface area contributed by atoms with Gasteiger partial charge in [-0.3, -0.25) is 4.90 Å². The van der Waals surface area contributed by atoms with Crippen molar-refractivity contribution >= 4 is 11.0 Å². The number of aryl methyl sites for hydroxylation is 2. The number of ether oxygens (including phenoxy) is 2. The van der Waals surface area contributed by atoms with Crippen molar-refractivity contribution in [1.82, 2.24) is 4.90 Å². The third kappa shape index (κ3) is 2.64. The third-order valence-corrected chi connectivity index (χ3v) is 4.80. The fraction of sp³-hybridized carbons (Fsp3) is 0.500. The van der Waals surface area contributed by atoms with Gasteiger partial charge in [-0.05, 0) is 31.0 Å². The second kappa shape index (κ2) is 5.65. The maximum absolute atomic E-state index is 11.7. The van der Waals surface area contributed by atoms with Gasteiger partial charge in [0.1, 0.15) is 17.4 Å². The molecular formula is C18H21NO4. The fourth-order valence-electron chi connectivity index (χ4n) is 3.60. The lowest BCUT2D eigenvalue weighted by Gasteiger charge is -2.28. The van der Waals surface area contributed by atoms with Crippen LogP contribution in [0.5, 0.6) is 5.75 Å². The van der Waals surface area contributed by atoms with Crippen molar-refractivity contribution < 1.29 is 13.9 Å². The molecule has 5 nitrogen and oxygen atoms in total. The predicted molar refractivity (Wildman–Crippen MR) is 87.3 cm³/mol. The van der Waals surface area contributed by atoms with Crippen LogP contribution in [0, 0.1) is 13.8 Å². The van der Waals surface area contributed by atoms with E-state index >= 15 is 0 Å². The van der Waals surface area contributed by atoms with Crippen LogP contribution in [0.1, 0.15) is 16.7 Å². The van der Waals surface area contributed by atoms with E-state index in [0.29, 0.717) is 5.58 Å². The van der Waals surface area contributed by atoms with Gasteiger partial charge < -0.3 is 13.9 Å². The summed E-state index contributed by atoms with van der Waals surface area (Å²) >= 11 is 0. The second-order valence-electron chi connectivity index (χ2n) is 6.47. The Morgan fingerprint density at radius 3 is 2.78 bits per heavy atom. The summed E-state index contributed by atoms with van der Waals surface area (Å²) in [7, 11) is 0. The van der Waals surface area contributed by atoms with Gasteiger partial charge in [0, 0.05) is 43.1 Å². The standard InChI is InChI=1S/C18H21NO4/c1-11-7-16(20)23-18-12(2)17-13(9-15(11)18)8-14(22-17)10-19-3-5-21-6-4-19/h7,9,14H,3-6,8,10H2,1-2H3. The molecule has 1 aromatic carbocycles. The van der Waals surface area contributed by atoms with Gasteiger partial charge >= 0.3 is 5.63 Å². The number of hydrogen-bond donors (Lipinski definition) is 0. The summed E-state index contributed by atoms with van der Waals surface area (Å²) in [6.45, 7) is 8.36. The third-order valence-electron chi connectivity index (χ3n) is 4.80. The Hall–Kier alpha value is -1.85. The van der Waals surface area contributed by atoms with Crippen molar-refractivity contribution in [2.75, 3.05) is 32.8 Å². The van der Waals surface area contributed by atoms with Gasteiger partial charge in [0.2, 0.25) is 0 Å². The topological polar surface area (TPSA) is 51.9 Å². The van der Waals surface area contributed by atoms with Crippen molar-refractivity contribution in [3.05, 3.63) is 39.2 Å². The molecule has 0 aliphatic carbocycles. The van der Waals surface area contributed by atoms with Crippen molar-refractivity contribution in [1.29, 1.82) is 0 Å². The van der Waals surface area contributed by atoms with E-state index in [-0.39, 0.29) is 11.7 Å². The van der Waals surface area contributed by atoms with E-state index in [0.717, 1.165) is 61.5 Å². The van der Waals surface area contributed by atoms with E-state index in [1.807, 2.05) is 13.8 Å². The molecule has 0 N–H and O–H groups in total. The monoisotopic (exact) mass is 315 g/mol. The van der Waals surface area contributed by atoms with Gasteiger partial charge in [-0.15, -0.1) is 0 Å². The van der Waals surface area contributed by atoms with Crippen molar-refractivity contribution in [3.8, 4) is 5.75 Å². The SMILES string of the molecule is Cc1cc(=O)oc2c(C)c3c(cc12)CC(CN1CCOCC1)O3. The maximum atomic E-state index is 11.7. The number of fused-ring (bicyclic) bond motifs is 2. The molecule has 122 valence electrons.